The first-order chi connectivity index (χ1) is 9.99. The lowest BCUT2D eigenvalue weighted by Gasteiger charge is -2.23. The summed E-state index contributed by atoms with van der Waals surface area (Å²) >= 11 is 0. The Kier molecular flexibility index (Phi) is 4.77. The molecular weight excluding hydrogens is 266 g/mol. The number of nitrogens with two attached hydrogens (primary N) is 1. The van der Waals surface area contributed by atoms with Gasteiger partial charge in [0.2, 0.25) is 0 Å². The highest BCUT2D eigenvalue weighted by molar-refractivity contribution is 6.01. The highest BCUT2D eigenvalue weighted by atomic mass is 16.3. The molecule has 1 saturated heterocycles. The van der Waals surface area contributed by atoms with Gasteiger partial charge in [0.15, 0.2) is 5.82 Å². The van der Waals surface area contributed by atoms with Gasteiger partial charge in [-0.3, -0.25) is 5.41 Å². The Morgan fingerprint density at radius 1 is 1.43 bits per heavy atom. The minimum atomic E-state index is -0.329. The minimum absolute atomic E-state index is 0.0481. The molecule has 2 atom stereocenters. The van der Waals surface area contributed by atoms with Gasteiger partial charge in [-0.1, -0.05) is 13.8 Å². The molecule has 116 valence electrons. The second kappa shape index (κ2) is 6.39. The Morgan fingerprint density at radius 2 is 2.14 bits per heavy atom. The van der Waals surface area contributed by atoms with Crippen molar-refractivity contribution in [2.75, 3.05) is 18.0 Å². The summed E-state index contributed by atoms with van der Waals surface area (Å²) in [6.07, 6.45) is 2.17. The van der Waals surface area contributed by atoms with E-state index in [1.165, 1.54) is 0 Å². The number of anilines is 1. The zero-order valence-corrected chi connectivity index (χ0v) is 13.1. The number of aliphatic hydroxyl groups is 1. The lowest BCUT2D eigenvalue weighted by atomic mass is 10.0. The first-order valence-electron chi connectivity index (χ1n) is 7.65. The molecular formula is C15H25N5O. The van der Waals surface area contributed by atoms with Crippen LogP contribution in [0.1, 0.15) is 44.0 Å². The van der Waals surface area contributed by atoms with E-state index >= 15 is 0 Å². The van der Waals surface area contributed by atoms with Gasteiger partial charge in [0.1, 0.15) is 5.84 Å². The van der Waals surface area contributed by atoms with Crippen molar-refractivity contribution in [3.8, 4) is 0 Å². The number of nitrogens with zero attached hydrogens (tertiary/aromatic N) is 3. The molecule has 0 aliphatic carbocycles. The van der Waals surface area contributed by atoms with E-state index < -0.39 is 0 Å². The number of nitrogen functional groups attached to an aromatic ring is 1. The van der Waals surface area contributed by atoms with E-state index in [1.807, 2.05) is 13.8 Å². The van der Waals surface area contributed by atoms with Gasteiger partial charge in [-0.2, -0.15) is 5.10 Å². The van der Waals surface area contributed by atoms with E-state index in [0.717, 1.165) is 49.2 Å². The topological polar surface area (TPSA) is 99.1 Å². The van der Waals surface area contributed by atoms with Crippen molar-refractivity contribution in [2.24, 2.45) is 11.7 Å². The van der Waals surface area contributed by atoms with Crippen LogP contribution in [0.5, 0.6) is 0 Å². The van der Waals surface area contributed by atoms with Gasteiger partial charge in [-0.05, 0) is 31.7 Å². The molecule has 21 heavy (non-hydrogen) atoms. The normalized spacial score (nSPS) is 19.8. The van der Waals surface area contributed by atoms with Gasteiger partial charge in [-0.25, -0.2) is 0 Å². The van der Waals surface area contributed by atoms with Crippen LogP contribution in [0.4, 0.5) is 5.82 Å². The SMILES string of the molecule is CCc1nnc(N2CCC(C(C)O)C2)c(C(=N)N)c1CC. The molecule has 4 N–H and O–H groups in total. The van der Waals surface area contributed by atoms with Crippen molar-refractivity contribution in [2.45, 2.75) is 46.1 Å². The van der Waals surface area contributed by atoms with Crippen LogP contribution >= 0.6 is 0 Å². The molecule has 0 saturated carbocycles. The van der Waals surface area contributed by atoms with Crippen LogP contribution in [0.2, 0.25) is 0 Å². The van der Waals surface area contributed by atoms with Crippen LogP contribution in [0.3, 0.4) is 0 Å². The summed E-state index contributed by atoms with van der Waals surface area (Å²) in [7, 11) is 0. The van der Waals surface area contributed by atoms with E-state index in [9.17, 15) is 5.11 Å². The molecule has 0 amide bonds. The van der Waals surface area contributed by atoms with Gasteiger partial charge in [0, 0.05) is 19.0 Å². The second-order valence-electron chi connectivity index (χ2n) is 5.68. The molecule has 0 aromatic carbocycles. The first-order valence-corrected chi connectivity index (χ1v) is 7.65. The molecule has 0 bridgehead atoms. The molecule has 6 nitrogen and oxygen atoms in total. The third-order valence-electron chi connectivity index (χ3n) is 4.30. The zero-order chi connectivity index (χ0) is 15.6. The van der Waals surface area contributed by atoms with Crippen molar-refractivity contribution in [3.63, 3.8) is 0 Å². The molecule has 1 aliphatic rings. The number of aliphatic hydroxyl groups excluding tert-OH is 1. The van der Waals surface area contributed by atoms with Crippen molar-refractivity contribution in [1.29, 1.82) is 5.41 Å². The lowest BCUT2D eigenvalue weighted by Crippen LogP contribution is -2.29. The monoisotopic (exact) mass is 291 g/mol. The van der Waals surface area contributed by atoms with E-state index in [2.05, 4.69) is 22.0 Å². The van der Waals surface area contributed by atoms with Crippen molar-refractivity contribution in [3.05, 3.63) is 16.8 Å². The molecule has 0 radical (unpaired) electrons. The van der Waals surface area contributed by atoms with Gasteiger partial charge in [-0.15, -0.1) is 5.10 Å². The summed E-state index contributed by atoms with van der Waals surface area (Å²) in [5.41, 5.74) is 8.47. The minimum Gasteiger partial charge on any atom is -0.393 e. The molecule has 6 heteroatoms. The smallest absolute Gasteiger partial charge is 0.162 e. The Bertz CT molecular complexity index is 529. The summed E-state index contributed by atoms with van der Waals surface area (Å²) < 4.78 is 0. The first kappa shape index (κ1) is 15.7. The molecule has 1 aromatic rings. The highest BCUT2D eigenvalue weighted by Gasteiger charge is 2.30. The summed E-state index contributed by atoms with van der Waals surface area (Å²) in [5.74, 6) is 0.981. The maximum absolute atomic E-state index is 9.75. The van der Waals surface area contributed by atoms with Crippen LogP contribution in [-0.2, 0) is 12.8 Å². The number of aryl methyl sites for hydroxylation is 1. The number of amidine groups is 1. The summed E-state index contributed by atoms with van der Waals surface area (Å²) in [6, 6.07) is 0. The van der Waals surface area contributed by atoms with E-state index in [4.69, 9.17) is 11.1 Å². The number of nitrogens with one attached hydrogen (secondary N) is 1. The molecule has 2 unspecified atom stereocenters. The predicted molar refractivity (Wildman–Crippen MR) is 83.8 cm³/mol. The Balaban J connectivity index is 2.42. The highest BCUT2D eigenvalue weighted by Crippen LogP contribution is 2.29. The van der Waals surface area contributed by atoms with Crippen molar-refractivity contribution < 1.29 is 5.11 Å². The number of aromatic nitrogens is 2. The number of hydrogen-bond donors (Lipinski definition) is 3. The fourth-order valence-corrected chi connectivity index (χ4v) is 3.04. The van der Waals surface area contributed by atoms with Gasteiger partial charge in [0.25, 0.3) is 0 Å². The summed E-state index contributed by atoms with van der Waals surface area (Å²) in [4.78, 5) is 2.10. The number of rotatable bonds is 5. The third kappa shape index (κ3) is 3.00. The summed E-state index contributed by atoms with van der Waals surface area (Å²) in [6.45, 7) is 7.46. The second-order valence-corrected chi connectivity index (χ2v) is 5.68. The van der Waals surface area contributed by atoms with Crippen LogP contribution in [-0.4, -0.2) is 40.3 Å². The van der Waals surface area contributed by atoms with Crippen LogP contribution in [0.15, 0.2) is 0 Å². The Labute approximate surface area is 125 Å². The van der Waals surface area contributed by atoms with E-state index in [1.54, 1.807) is 0 Å². The average molecular weight is 291 g/mol. The fourth-order valence-electron chi connectivity index (χ4n) is 3.04. The Hall–Kier alpha value is -1.69. The molecule has 1 fully saturated rings. The average Bonchev–Trinajstić information content (AvgIpc) is 2.95. The maximum atomic E-state index is 9.75. The Morgan fingerprint density at radius 3 is 2.62 bits per heavy atom. The van der Waals surface area contributed by atoms with Crippen molar-refractivity contribution >= 4 is 11.7 Å². The number of hydrogen-bond acceptors (Lipinski definition) is 5. The quantitative estimate of drug-likeness (QED) is 0.557. The molecule has 1 aromatic heterocycles. The van der Waals surface area contributed by atoms with Gasteiger partial charge < -0.3 is 15.7 Å². The van der Waals surface area contributed by atoms with E-state index in [-0.39, 0.29) is 17.9 Å². The molecule has 2 heterocycles. The van der Waals surface area contributed by atoms with Crippen molar-refractivity contribution in [1.82, 2.24) is 10.2 Å². The third-order valence-corrected chi connectivity index (χ3v) is 4.30. The van der Waals surface area contributed by atoms with Crippen LogP contribution < -0.4 is 10.6 Å². The van der Waals surface area contributed by atoms with Crippen LogP contribution in [0.25, 0.3) is 0 Å². The van der Waals surface area contributed by atoms with Gasteiger partial charge in [0.05, 0.1) is 17.4 Å². The van der Waals surface area contributed by atoms with Gasteiger partial charge >= 0.3 is 0 Å². The lowest BCUT2D eigenvalue weighted by molar-refractivity contribution is 0.136. The molecule has 0 spiro atoms. The predicted octanol–water partition coefficient (Wildman–Crippen LogP) is 1.09. The standard InChI is InChI=1S/C15H25N5O/c1-4-11-12(5-2)18-19-15(13(11)14(16)17)20-7-6-10(8-20)9(3)21/h9-10,21H,4-8H2,1-3H3,(H3,16,17). The molecule has 2 rings (SSSR count). The zero-order valence-electron chi connectivity index (χ0n) is 13.1. The van der Waals surface area contributed by atoms with E-state index in [0.29, 0.717) is 5.82 Å². The molecule has 1 aliphatic heterocycles. The largest absolute Gasteiger partial charge is 0.393 e. The summed E-state index contributed by atoms with van der Waals surface area (Å²) in [5, 5.41) is 26.3. The maximum Gasteiger partial charge on any atom is 0.162 e. The van der Waals surface area contributed by atoms with Crippen LogP contribution in [0, 0.1) is 11.3 Å². The fraction of sp³-hybridized carbons (Fsp3) is 0.667.